The molecule has 17 heavy (non-hydrogen) atoms. The van der Waals surface area contributed by atoms with Gasteiger partial charge >= 0.3 is 0 Å². The quantitative estimate of drug-likeness (QED) is 0.707. The first kappa shape index (κ1) is 11.5. The van der Waals surface area contributed by atoms with E-state index in [9.17, 15) is 5.11 Å². The Hall–Kier alpha value is -0.600. The van der Waals surface area contributed by atoms with E-state index in [1.807, 2.05) is 0 Å². The number of ether oxygens (including phenoxy) is 1. The molecule has 3 rings (SSSR count). The first-order valence-corrected chi connectivity index (χ1v) is 6.69. The molecule has 2 heteroatoms. The smallest absolute Gasteiger partial charge is 0.119 e. The maximum absolute atomic E-state index is 10.7. The minimum absolute atomic E-state index is 0.198. The van der Waals surface area contributed by atoms with Crippen molar-refractivity contribution < 1.29 is 9.84 Å². The molecule has 2 nitrogen and oxygen atoms in total. The van der Waals surface area contributed by atoms with Gasteiger partial charge in [0.1, 0.15) is 11.7 Å². The van der Waals surface area contributed by atoms with Gasteiger partial charge in [-0.25, -0.2) is 0 Å². The van der Waals surface area contributed by atoms with Crippen LogP contribution in [0.5, 0.6) is 0 Å². The topological polar surface area (TPSA) is 29.5 Å². The van der Waals surface area contributed by atoms with Crippen molar-refractivity contribution in [2.45, 2.75) is 57.8 Å². The lowest BCUT2D eigenvalue weighted by atomic mass is 9.74. The van der Waals surface area contributed by atoms with Crippen LogP contribution >= 0.6 is 0 Å². The third kappa shape index (κ3) is 1.23. The van der Waals surface area contributed by atoms with Crippen molar-refractivity contribution in [2.24, 2.45) is 11.8 Å². The molecule has 4 atom stereocenters. The third-order valence-electron chi connectivity index (χ3n) is 5.06. The molecule has 0 aromatic heterocycles. The Morgan fingerprint density at radius 1 is 1.41 bits per heavy atom. The number of fused-ring (bicyclic) bond motifs is 4. The van der Waals surface area contributed by atoms with Crippen LogP contribution in [0, 0.1) is 11.8 Å². The molecule has 0 saturated carbocycles. The summed E-state index contributed by atoms with van der Waals surface area (Å²) in [7, 11) is 0. The molecule has 3 aliphatic rings. The van der Waals surface area contributed by atoms with Gasteiger partial charge in [-0.05, 0) is 38.2 Å². The highest BCUT2D eigenvalue weighted by atomic mass is 16.5. The van der Waals surface area contributed by atoms with E-state index >= 15 is 0 Å². The van der Waals surface area contributed by atoms with Gasteiger partial charge in [-0.1, -0.05) is 31.6 Å². The number of rotatable bonds is 1. The van der Waals surface area contributed by atoms with Crippen molar-refractivity contribution in [1.29, 1.82) is 0 Å². The zero-order valence-corrected chi connectivity index (χ0v) is 11.2. The average molecular weight is 234 g/mol. The molecule has 2 bridgehead atoms. The van der Waals surface area contributed by atoms with E-state index in [-0.39, 0.29) is 11.5 Å². The summed E-state index contributed by atoms with van der Waals surface area (Å²) in [5, 5.41) is 10.7. The van der Waals surface area contributed by atoms with Crippen molar-refractivity contribution >= 4 is 0 Å². The largest absolute Gasteiger partial charge is 0.385 e. The van der Waals surface area contributed by atoms with Crippen LogP contribution in [-0.2, 0) is 4.74 Å². The standard InChI is InChI=1S/C15H22O2/c1-9(2)15-8-7-14(4,17-15)11-6-5-10(3)12(11)13(15)16/h7-9,11,13,16H,5-6H2,1-4H3/t11?,13-,14+,15+/m1/s1. The first-order valence-electron chi connectivity index (χ1n) is 6.69. The number of hydrogen-bond acceptors (Lipinski definition) is 2. The molecule has 1 saturated heterocycles. The van der Waals surface area contributed by atoms with Gasteiger partial charge in [-0.3, -0.25) is 0 Å². The zero-order valence-electron chi connectivity index (χ0n) is 11.2. The van der Waals surface area contributed by atoms with Gasteiger partial charge in [0.15, 0.2) is 0 Å². The molecule has 0 aromatic carbocycles. The Labute approximate surface area is 103 Å². The van der Waals surface area contributed by atoms with Gasteiger partial charge in [0, 0.05) is 5.92 Å². The summed E-state index contributed by atoms with van der Waals surface area (Å²) >= 11 is 0. The SMILES string of the molecule is CC1=C2C(CC1)[C@]1(C)C=C[C@@](C(C)C)(O1)[C@@H]2O. The molecule has 0 amide bonds. The molecular formula is C15H22O2. The predicted molar refractivity (Wildman–Crippen MR) is 67.6 cm³/mol. The lowest BCUT2D eigenvalue weighted by Crippen LogP contribution is -2.57. The zero-order chi connectivity index (χ0) is 12.4. The number of aliphatic hydroxyl groups excluding tert-OH is 1. The lowest BCUT2D eigenvalue weighted by Gasteiger charge is -2.49. The van der Waals surface area contributed by atoms with E-state index in [1.54, 1.807) is 0 Å². The highest BCUT2D eigenvalue weighted by Gasteiger charge is 2.60. The Bertz CT molecular complexity index is 421. The van der Waals surface area contributed by atoms with Crippen LogP contribution in [0.4, 0.5) is 0 Å². The second-order valence-electron chi connectivity index (χ2n) is 6.36. The molecule has 1 unspecified atom stereocenters. The lowest BCUT2D eigenvalue weighted by molar-refractivity contribution is -0.189. The number of allylic oxidation sites excluding steroid dienone is 1. The fraction of sp³-hybridized carbons (Fsp3) is 0.733. The van der Waals surface area contributed by atoms with Crippen molar-refractivity contribution in [3.05, 3.63) is 23.3 Å². The molecule has 1 fully saturated rings. The van der Waals surface area contributed by atoms with Gasteiger partial charge in [-0.15, -0.1) is 0 Å². The minimum Gasteiger partial charge on any atom is -0.385 e. The van der Waals surface area contributed by atoms with Crippen LogP contribution in [0.2, 0.25) is 0 Å². The fourth-order valence-electron chi connectivity index (χ4n) is 3.93. The summed E-state index contributed by atoms with van der Waals surface area (Å²) in [6, 6.07) is 0. The average Bonchev–Trinajstić information content (AvgIpc) is 2.78. The molecule has 2 heterocycles. The highest BCUT2D eigenvalue weighted by Crippen LogP contribution is 2.56. The molecular weight excluding hydrogens is 212 g/mol. The fourth-order valence-corrected chi connectivity index (χ4v) is 3.93. The predicted octanol–water partition coefficient (Wildman–Crippen LogP) is 2.83. The monoisotopic (exact) mass is 234 g/mol. The molecule has 94 valence electrons. The Morgan fingerprint density at radius 2 is 2.12 bits per heavy atom. The summed E-state index contributed by atoms with van der Waals surface area (Å²) in [5.74, 6) is 0.667. The van der Waals surface area contributed by atoms with E-state index < -0.39 is 11.7 Å². The van der Waals surface area contributed by atoms with E-state index in [2.05, 4.69) is 39.8 Å². The van der Waals surface area contributed by atoms with E-state index in [4.69, 9.17) is 4.74 Å². The van der Waals surface area contributed by atoms with Gasteiger partial charge in [-0.2, -0.15) is 0 Å². The number of aliphatic hydroxyl groups is 1. The van der Waals surface area contributed by atoms with E-state index in [0.29, 0.717) is 5.92 Å². The first-order chi connectivity index (χ1) is 7.91. The Morgan fingerprint density at radius 3 is 2.76 bits per heavy atom. The highest BCUT2D eigenvalue weighted by molar-refractivity contribution is 5.41. The molecule has 0 radical (unpaired) electrons. The van der Waals surface area contributed by atoms with Crippen molar-refractivity contribution in [2.75, 3.05) is 0 Å². The Balaban J connectivity index is 2.14. The number of hydrogen-bond donors (Lipinski definition) is 1. The second kappa shape index (κ2) is 3.24. The summed E-state index contributed by atoms with van der Waals surface area (Å²) < 4.78 is 6.31. The maximum Gasteiger partial charge on any atom is 0.119 e. The maximum atomic E-state index is 10.7. The van der Waals surface area contributed by atoms with Crippen molar-refractivity contribution in [3.8, 4) is 0 Å². The van der Waals surface area contributed by atoms with E-state index in [0.717, 1.165) is 12.8 Å². The second-order valence-corrected chi connectivity index (χ2v) is 6.36. The van der Waals surface area contributed by atoms with Crippen LogP contribution in [-0.4, -0.2) is 22.4 Å². The van der Waals surface area contributed by atoms with Crippen LogP contribution in [0.15, 0.2) is 23.3 Å². The van der Waals surface area contributed by atoms with Crippen LogP contribution in [0.1, 0.15) is 40.5 Å². The van der Waals surface area contributed by atoms with Crippen molar-refractivity contribution in [1.82, 2.24) is 0 Å². The normalized spacial score (nSPS) is 48.1. The van der Waals surface area contributed by atoms with Crippen LogP contribution in [0.25, 0.3) is 0 Å². The van der Waals surface area contributed by atoms with Crippen LogP contribution < -0.4 is 0 Å². The molecule has 2 aliphatic heterocycles. The third-order valence-corrected chi connectivity index (χ3v) is 5.06. The Kier molecular flexibility index (Phi) is 2.19. The molecule has 0 spiro atoms. The van der Waals surface area contributed by atoms with Gasteiger partial charge in [0.05, 0.1) is 5.60 Å². The molecule has 1 N–H and O–H groups in total. The summed E-state index contributed by atoms with van der Waals surface area (Å²) in [6.07, 6.45) is 6.07. The minimum atomic E-state index is -0.494. The summed E-state index contributed by atoms with van der Waals surface area (Å²) in [5.41, 5.74) is 1.95. The van der Waals surface area contributed by atoms with Gasteiger partial charge < -0.3 is 9.84 Å². The van der Waals surface area contributed by atoms with E-state index in [1.165, 1.54) is 11.1 Å². The summed E-state index contributed by atoms with van der Waals surface area (Å²) in [6.45, 7) is 8.60. The summed E-state index contributed by atoms with van der Waals surface area (Å²) in [4.78, 5) is 0. The van der Waals surface area contributed by atoms with Gasteiger partial charge in [0.2, 0.25) is 0 Å². The van der Waals surface area contributed by atoms with Crippen molar-refractivity contribution in [3.63, 3.8) is 0 Å². The molecule has 0 aromatic rings. The van der Waals surface area contributed by atoms with Gasteiger partial charge in [0.25, 0.3) is 0 Å². The molecule has 1 aliphatic carbocycles. The van der Waals surface area contributed by atoms with Crippen LogP contribution in [0.3, 0.4) is 0 Å².